The fourth-order valence-electron chi connectivity index (χ4n) is 1.98. The number of carbonyl (C=O) groups is 1. The summed E-state index contributed by atoms with van der Waals surface area (Å²) >= 11 is 5.79. The number of likely N-dealkylation sites (N-methyl/N-ethyl adjacent to an activating group) is 1. The van der Waals surface area contributed by atoms with E-state index in [0.717, 1.165) is 0 Å². The molecule has 5 nitrogen and oxygen atoms in total. The van der Waals surface area contributed by atoms with Gasteiger partial charge in [-0.25, -0.2) is 4.79 Å². The Kier molecular flexibility index (Phi) is 7.18. The van der Waals surface area contributed by atoms with Crippen LogP contribution in [0, 0.1) is 0 Å². The number of anilines is 1. The molecule has 0 aliphatic rings. The first-order valence-electron chi connectivity index (χ1n) is 7.93. The van der Waals surface area contributed by atoms with Crippen molar-refractivity contribution in [3.05, 3.63) is 53.6 Å². The van der Waals surface area contributed by atoms with Gasteiger partial charge in [-0.05, 0) is 36.4 Å². The molecule has 0 unspecified atom stereocenters. The third-order valence-corrected chi connectivity index (χ3v) is 3.60. The highest BCUT2D eigenvalue weighted by atomic mass is 35.5. The molecular weight excluding hydrogens is 385 g/mol. The Morgan fingerprint density at radius 3 is 2.48 bits per heavy atom. The van der Waals surface area contributed by atoms with Crippen LogP contribution in [-0.2, 0) is 0 Å². The summed E-state index contributed by atoms with van der Waals surface area (Å²) in [6.07, 6.45) is -4.43. The molecule has 0 atom stereocenters. The second kappa shape index (κ2) is 9.36. The molecule has 0 heterocycles. The normalized spacial score (nSPS) is 11.0. The molecule has 0 aliphatic heterocycles. The first-order chi connectivity index (χ1) is 12.7. The fraction of sp³-hybridized carbons (Fsp3) is 0.278. The van der Waals surface area contributed by atoms with Gasteiger partial charge in [-0.1, -0.05) is 17.7 Å². The lowest BCUT2D eigenvalue weighted by atomic mass is 10.3. The van der Waals surface area contributed by atoms with Gasteiger partial charge in [0.1, 0.15) is 18.1 Å². The van der Waals surface area contributed by atoms with E-state index in [1.54, 1.807) is 37.4 Å². The van der Waals surface area contributed by atoms with Crippen LogP contribution in [0.25, 0.3) is 0 Å². The van der Waals surface area contributed by atoms with Crippen molar-refractivity contribution in [1.29, 1.82) is 0 Å². The van der Waals surface area contributed by atoms with E-state index < -0.39 is 18.8 Å². The van der Waals surface area contributed by atoms with Gasteiger partial charge in [-0.3, -0.25) is 0 Å². The Hall–Kier alpha value is -2.61. The molecule has 0 aromatic heterocycles. The van der Waals surface area contributed by atoms with Crippen LogP contribution in [-0.4, -0.2) is 43.9 Å². The number of benzene rings is 2. The number of rotatable bonds is 7. The number of amides is 2. The summed E-state index contributed by atoms with van der Waals surface area (Å²) in [5.74, 6) is 0.640. The lowest BCUT2D eigenvalue weighted by Gasteiger charge is -2.18. The number of carbonyl (C=O) groups excluding carboxylic acids is 1. The Bertz CT molecular complexity index is 754. The number of ether oxygens (including phenoxy) is 2. The predicted molar refractivity (Wildman–Crippen MR) is 96.6 cm³/mol. The molecule has 2 aromatic rings. The molecule has 2 aromatic carbocycles. The third kappa shape index (κ3) is 7.65. The number of urea groups is 1. The second-order valence-corrected chi connectivity index (χ2v) is 6.02. The number of halogens is 4. The maximum atomic E-state index is 12.2. The first-order valence-corrected chi connectivity index (χ1v) is 8.31. The van der Waals surface area contributed by atoms with Crippen LogP contribution in [0.1, 0.15) is 0 Å². The van der Waals surface area contributed by atoms with Gasteiger partial charge in [0.2, 0.25) is 0 Å². The van der Waals surface area contributed by atoms with Crippen molar-refractivity contribution in [2.45, 2.75) is 6.18 Å². The molecule has 2 amide bonds. The standard InChI is InChI=1S/C18H18ClF3N2O3/c1-24(9-10-26-15-7-5-13(19)6-8-15)17(25)23-14-3-2-4-16(11-14)27-12-18(20,21)22/h2-8,11H,9-10,12H2,1H3,(H,23,25). The van der Waals surface area contributed by atoms with Gasteiger partial charge in [0.05, 0.1) is 6.54 Å². The summed E-state index contributed by atoms with van der Waals surface area (Å²) in [5.41, 5.74) is 0.324. The molecule has 0 aliphatic carbocycles. The summed E-state index contributed by atoms with van der Waals surface area (Å²) < 4.78 is 46.8. The minimum Gasteiger partial charge on any atom is -0.492 e. The van der Waals surface area contributed by atoms with Crippen LogP contribution in [0.15, 0.2) is 48.5 Å². The summed E-state index contributed by atoms with van der Waals surface area (Å²) in [6, 6.07) is 12.1. The monoisotopic (exact) mass is 402 g/mol. The number of alkyl halides is 3. The zero-order valence-electron chi connectivity index (χ0n) is 14.4. The van der Waals surface area contributed by atoms with E-state index in [2.05, 4.69) is 10.1 Å². The molecule has 27 heavy (non-hydrogen) atoms. The van der Waals surface area contributed by atoms with Gasteiger partial charge in [-0.2, -0.15) is 13.2 Å². The number of hydrogen-bond donors (Lipinski definition) is 1. The lowest BCUT2D eigenvalue weighted by Crippen LogP contribution is -2.34. The summed E-state index contributed by atoms with van der Waals surface area (Å²) in [6.45, 7) is -0.828. The van der Waals surface area contributed by atoms with E-state index in [1.165, 1.54) is 23.1 Å². The zero-order chi connectivity index (χ0) is 19.9. The number of nitrogens with one attached hydrogen (secondary N) is 1. The van der Waals surface area contributed by atoms with Crippen LogP contribution >= 0.6 is 11.6 Å². The van der Waals surface area contributed by atoms with Gasteiger partial charge in [0, 0.05) is 23.8 Å². The van der Waals surface area contributed by atoms with E-state index in [-0.39, 0.29) is 12.4 Å². The Labute approximate surface area is 159 Å². The quantitative estimate of drug-likeness (QED) is 0.722. The minimum absolute atomic E-state index is 0.0128. The number of nitrogens with zero attached hydrogens (tertiary/aromatic N) is 1. The molecule has 0 spiro atoms. The van der Waals surface area contributed by atoms with Gasteiger partial charge < -0.3 is 19.7 Å². The van der Waals surface area contributed by atoms with Crippen LogP contribution in [0.3, 0.4) is 0 Å². The van der Waals surface area contributed by atoms with E-state index in [1.807, 2.05) is 0 Å². The van der Waals surface area contributed by atoms with E-state index >= 15 is 0 Å². The Balaban J connectivity index is 1.80. The molecule has 1 N–H and O–H groups in total. The van der Waals surface area contributed by atoms with Crippen molar-refractivity contribution in [3.8, 4) is 11.5 Å². The maximum absolute atomic E-state index is 12.2. The van der Waals surface area contributed by atoms with Crippen LogP contribution in [0.4, 0.5) is 23.7 Å². The second-order valence-electron chi connectivity index (χ2n) is 5.59. The predicted octanol–water partition coefficient (Wildman–Crippen LogP) is 4.82. The largest absolute Gasteiger partial charge is 0.492 e. The van der Waals surface area contributed by atoms with Crippen LogP contribution < -0.4 is 14.8 Å². The van der Waals surface area contributed by atoms with Crippen LogP contribution in [0.2, 0.25) is 5.02 Å². The SMILES string of the molecule is CN(CCOc1ccc(Cl)cc1)C(=O)Nc1cccc(OCC(F)(F)F)c1. The lowest BCUT2D eigenvalue weighted by molar-refractivity contribution is -0.153. The molecule has 0 bridgehead atoms. The fourth-order valence-corrected chi connectivity index (χ4v) is 2.11. The molecule has 9 heteroatoms. The summed E-state index contributed by atoms with van der Waals surface area (Å²) in [7, 11) is 1.57. The van der Waals surface area contributed by atoms with Crippen molar-refractivity contribution >= 4 is 23.3 Å². The highest BCUT2D eigenvalue weighted by molar-refractivity contribution is 6.30. The summed E-state index contributed by atoms with van der Waals surface area (Å²) in [5, 5.41) is 3.19. The average molecular weight is 403 g/mol. The van der Waals surface area contributed by atoms with Crippen molar-refractivity contribution in [2.24, 2.45) is 0 Å². The Morgan fingerprint density at radius 2 is 1.81 bits per heavy atom. The molecule has 146 valence electrons. The molecule has 0 saturated carbocycles. The summed E-state index contributed by atoms with van der Waals surface area (Å²) in [4.78, 5) is 13.5. The van der Waals surface area contributed by atoms with E-state index in [0.29, 0.717) is 23.0 Å². The highest BCUT2D eigenvalue weighted by Crippen LogP contribution is 2.21. The molecule has 0 fully saturated rings. The van der Waals surface area contributed by atoms with Gasteiger partial charge >= 0.3 is 12.2 Å². The molecule has 0 saturated heterocycles. The van der Waals surface area contributed by atoms with Crippen molar-refractivity contribution in [3.63, 3.8) is 0 Å². The van der Waals surface area contributed by atoms with Crippen molar-refractivity contribution in [1.82, 2.24) is 4.90 Å². The molecule has 2 rings (SSSR count). The maximum Gasteiger partial charge on any atom is 0.422 e. The molecule has 0 radical (unpaired) electrons. The third-order valence-electron chi connectivity index (χ3n) is 3.34. The average Bonchev–Trinajstić information content (AvgIpc) is 2.61. The van der Waals surface area contributed by atoms with Crippen LogP contribution in [0.5, 0.6) is 11.5 Å². The van der Waals surface area contributed by atoms with Gasteiger partial charge in [-0.15, -0.1) is 0 Å². The van der Waals surface area contributed by atoms with Gasteiger partial charge in [0.25, 0.3) is 0 Å². The first kappa shape index (κ1) is 20.7. The number of hydrogen-bond acceptors (Lipinski definition) is 3. The van der Waals surface area contributed by atoms with Crippen molar-refractivity contribution < 1.29 is 27.4 Å². The van der Waals surface area contributed by atoms with E-state index in [9.17, 15) is 18.0 Å². The van der Waals surface area contributed by atoms with Crippen molar-refractivity contribution in [2.75, 3.05) is 32.1 Å². The zero-order valence-corrected chi connectivity index (χ0v) is 15.2. The highest BCUT2D eigenvalue weighted by Gasteiger charge is 2.28. The topological polar surface area (TPSA) is 50.8 Å². The minimum atomic E-state index is -4.43. The Morgan fingerprint density at radius 1 is 1.11 bits per heavy atom. The van der Waals surface area contributed by atoms with Gasteiger partial charge in [0.15, 0.2) is 6.61 Å². The van der Waals surface area contributed by atoms with E-state index in [4.69, 9.17) is 16.3 Å². The molecular formula is C18H18ClF3N2O3. The smallest absolute Gasteiger partial charge is 0.422 e.